The summed E-state index contributed by atoms with van der Waals surface area (Å²) in [6.45, 7) is 1.30. The number of carbonyl (C=O) groups excluding carboxylic acids is 1. The average molecular weight is 394 g/mol. The number of benzene rings is 1. The Kier molecular flexibility index (Phi) is 6.50. The van der Waals surface area contributed by atoms with Gasteiger partial charge in [-0.2, -0.15) is 0 Å². The van der Waals surface area contributed by atoms with Crippen molar-refractivity contribution in [2.45, 2.75) is 30.2 Å². The largest absolute Gasteiger partial charge is 0.352 e. The SMILES string of the molecule is CN(C)CCCNC(=O)c1cc(S(=O)(=O)NC2CC2)c(Cl)cc1Cl. The van der Waals surface area contributed by atoms with Gasteiger partial charge in [-0.15, -0.1) is 0 Å². The maximum Gasteiger partial charge on any atom is 0.252 e. The number of hydrogen-bond acceptors (Lipinski definition) is 4. The minimum atomic E-state index is -3.76. The smallest absolute Gasteiger partial charge is 0.252 e. The van der Waals surface area contributed by atoms with Crippen LogP contribution in [-0.2, 0) is 10.0 Å². The number of amides is 1. The van der Waals surface area contributed by atoms with E-state index >= 15 is 0 Å². The fraction of sp³-hybridized carbons (Fsp3) is 0.533. The van der Waals surface area contributed by atoms with E-state index in [9.17, 15) is 13.2 Å². The zero-order valence-corrected chi connectivity index (χ0v) is 15.9. The van der Waals surface area contributed by atoms with Crippen molar-refractivity contribution in [1.82, 2.24) is 14.9 Å². The molecule has 1 amide bonds. The Morgan fingerprint density at radius 3 is 2.50 bits per heavy atom. The molecule has 0 atom stereocenters. The highest BCUT2D eigenvalue weighted by Crippen LogP contribution is 2.30. The lowest BCUT2D eigenvalue weighted by molar-refractivity contribution is 0.0952. The zero-order chi connectivity index (χ0) is 17.9. The quantitative estimate of drug-likeness (QED) is 0.662. The Bertz CT molecular complexity index is 719. The predicted octanol–water partition coefficient (Wildman–Crippen LogP) is 2.12. The lowest BCUT2D eigenvalue weighted by Crippen LogP contribution is -2.29. The molecule has 9 heteroatoms. The molecule has 0 bridgehead atoms. The lowest BCUT2D eigenvalue weighted by atomic mass is 10.2. The second kappa shape index (κ2) is 8.01. The van der Waals surface area contributed by atoms with E-state index in [1.165, 1.54) is 12.1 Å². The first-order valence-corrected chi connectivity index (χ1v) is 9.89. The number of nitrogens with one attached hydrogen (secondary N) is 2. The molecule has 6 nitrogen and oxygen atoms in total. The molecule has 0 spiro atoms. The monoisotopic (exact) mass is 393 g/mol. The molecule has 0 aromatic heterocycles. The molecule has 134 valence electrons. The summed E-state index contributed by atoms with van der Waals surface area (Å²) < 4.78 is 27.2. The van der Waals surface area contributed by atoms with Gasteiger partial charge < -0.3 is 10.2 Å². The van der Waals surface area contributed by atoms with E-state index in [1.54, 1.807) is 0 Å². The van der Waals surface area contributed by atoms with Crippen LogP contribution in [0.25, 0.3) is 0 Å². The van der Waals surface area contributed by atoms with Gasteiger partial charge in [0.05, 0.1) is 15.6 Å². The second-order valence-corrected chi connectivity index (χ2v) is 8.57. The number of sulfonamides is 1. The fourth-order valence-electron chi connectivity index (χ4n) is 2.09. The number of hydrogen-bond donors (Lipinski definition) is 2. The third kappa shape index (κ3) is 5.32. The van der Waals surface area contributed by atoms with Gasteiger partial charge in [-0.1, -0.05) is 23.2 Å². The van der Waals surface area contributed by atoms with E-state index in [0.717, 1.165) is 25.8 Å². The van der Waals surface area contributed by atoms with E-state index in [-0.39, 0.29) is 26.5 Å². The Labute approximate surface area is 152 Å². The first kappa shape index (κ1) is 19.5. The zero-order valence-electron chi connectivity index (χ0n) is 13.6. The van der Waals surface area contributed by atoms with Crippen LogP contribution in [0.2, 0.25) is 10.0 Å². The van der Waals surface area contributed by atoms with Crippen LogP contribution in [0.3, 0.4) is 0 Å². The number of halogens is 2. The summed E-state index contributed by atoms with van der Waals surface area (Å²) in [4.78, 5) is 14.2. The summed E-state index contributed by atoms with van der Waals surface area (Å²) >= 11 is 12.1. The molecular weight excluding hydrogens is 373 g/mol. The third-order valence-electron chi connectivity index (χ3n) is 3.52. The van der Waals surface area contributed by atoms with Crippen LogP contribution < -0.4 is 10.0 Å². The summed E-state index contributed by atoms with van der Waals surface area (Å²) in [7, 11) is 0.128. The summed E-state index contributed by atoms with van der Waals surface area (Å²) in [5.74, 6) is -0.418. The molecule has 1 aromatic rings. The molecule has 0 aliphatic heterocycles. The Morgan fingerprint density at radius 1 is 1.25 bits per heavy atom. The van der Waals surface area contributed by atoms with Crippen LogP contribution >= 0.6 is 23.2 Å². The van der Waals surface area contributed by atoms with Gasteiger partial charge in [-0.25, -0.2) is 13.1 Å². The van der Waals surface area contributed by atoms with Crippen molar-refractivity contribution in [3.63, 3.8) is 0 Å². The van der Waals surface area contributed by atoms with Gasteiger partial charge in [-0.3, -0.25) is 4.79 Å². The van der Waals surface area contributed by atoms with Gasteiger partial charge in [0.2, 0.25) is 10.0 Å². The minimum Gasteiger partial charge on any atom is -0.352 e. The summed E-state index contributed by atoms with van der Waals surface area (Å²) in [6.07, 6.45) is 2.39. The minimum absolute atomic E-state index is 0.00249. The van der Waals surface area contributed by atoms with E-state index in [4.69, 9.17) is 23.2 Å². The molecule has 1 saturated carbocycles. The maximum absolute atomic E-state index is 12.3. The summed E-state index contributed by atoms with van der Waals surface area (Å²) in [6, 6.07) is 2.47. The van der Waals surface area contributed by atoms with Crippen LogP contribution in [0.1, 0.15) is 29.6 Å². The van der Waals surface area contributed by atoms with Crippen LogP contribution in [0.5, 0.6) is 0 Å². The lowest BCUT2D eigenvalue weighted by Gasteiger charge is -2.13. The van der Waals surface area contributed by atoms with Gasteiger partial charge >= 0.3 is 0 Å². The normalized spacial score (nSPS) is 14.9. The number of nitrogens with zero attached hydrogens (tertiary/aromatic N) is 1. The molecule has 2 rings (SSSR count). The molecule has 0 heterocycles. The number of carbonyl (C=O) groups is 1. The van der Waals surface area contributed by atoms with Gasteiger partial charge in [-0.05, 0) is 52.0 Å². The van der Waals surface area contributed by atoms with E-state index < -0.39 is 15.9 Å². The topological polar surface area (TPSA) is 78.5 Å². The highest BCUT2D eigenvalue weighted by atomic mass is 35.5. The molecule has 1 aliphatic rings. The van der Waals surface area contributed by atoms with Gasteiger partial charge in [0.25, 0.3) is 5.91 Å². The van der Waals surface area contributed by atoms with Gasteiger partial charge in [0.15, 0.2) is 0 Å². The molecule has 1 aliphatic carbocycles. The summed E-state index contributed by atoms with van der Waals surface area (Å²) in [5.41, 5.74) is 0.0992. The van der Waals surface area contributed by atoms with Crippen molar-refractivity contribution < 1.29 is 13.2 Å². The molecule has 2 N–H and O–H groups in total. The highest BCUT2D eigenvalue weighted by molar-refractivity contribution is 7.89. The Hall–Kier alpha value is -0.860. The van der Waals surface area contributed by atoms with E-state index in [2.05, 4.69) is 10.0 Å². The first-order chi connectivity index (χ1) is 11.2. The Morgan fingerprint density at radius 2 is 1.92 bits per heavy atom. The van der Waals surface area contributed by atoms with Crippen LogP contribution in [-0.4, -0.2) is 52.5 Å². The van der Waals surface area contributed by atoms with Crippen LogP contribution in [0.4, 0.5) is 0 Å². The second-order valence-electron chi connectivity index (χ2n) is 6.07. The van der Waals surface area contributed by atoms with Crippen molar-refractivity contribution in [3.8, 4) is 0 Å². The van der Waals surface area contributed by atoms with Crippen LogP contribution in [0, 0.1) is 0 Å². The molecule has 0 radical (unpaired) electrons. The Balaban J connectivity index is 2.14. The van der Waals surface area contributed by atoms with E-state index in [1.807, 2.05) is 19.0 Å². The standard InChI is InChI=1S/C15H21Cl2N3O3S/c1-20(2)7-3-6-18-15(21)11-8-14(13(17)9-12(11)16)24(22,23)19-10-4-5-10/h8-10,19H,3-7H2,1-2H3,(H,18,21). The van der Waals surface area contributed by atoms with Crippen molar-refractivity contribution in [1.29, 1.82) is 0 Å². The third-order valence-corrected chi connectivity index (χ3v) is 5.82. The van der Waals surface area contributed by atoms with Crippen molar-refractivity contribution in [3.05, 3.63) is 27.7 Å². The predicted molar refractivity (Wildman–Crippen MR) is 95.3 cm³/mol. The average Bonchev–Trinajstić information content (AvgIpc) is 3.26. The van der Waals surface area contributed by atoms with Gasteiger partial charge in [0, 0.05) is 12.6 Å². The molecule has 0 unspecified atom stereocenters. The van der Waals surface area contributed by atoms with Crippen LogP contribution in [0.15, 0.2) is 17.0 Å². The van der Waals surface area contributed by atoms with Gasteiger partial charge in [0.1, 0.15) is 4.90 Å². The molecule has 1 aromatic carbocycles. The number of rotatable bonds is 8. The van der Waals surface area contributed by atoms with E-state index in [0.29, 0.717) is 6.54 Å². The molecular formula is C15H21Cl2N3O3S. The molecule has 0 saturated heterocycles. The van der Waals surface area contributed by atoms with Crippen molar-refractivity contribution in [2.75, 3.05) is 27.2 Å². The van der Waals surface area contributed by atoms with Crippen molar-refractivity contribution >= 4 is 39.1 Å². The summed E-state index contributed by atoms with van der Waals surface area (Å²) in [5, 5.41) is 2.86. The van der Waals surface area contributed by atoms with Crippen molar-refractivity contribution in [2.24, 2.45) is 0 Å². The highest BCUT2D eigenvalue weighted by Gasteiger charge is 2.30. The maximum atomic E-state index is 12.3. The molecule has 24 heavy (non-hydrogen) atoms. The first-order valence-electron chi connectivity index (χ1n) is 7.65. The molecule has 1 fully saturated rings. The fourth-order valence-corrected chi connectivity index (χ4v) is 4.25.